The third-order valence-corrected chi connectivity index (χ3v) is 3.02. The summed E-state index contributed by atoms with van der Waals surface area (Å²) in [7, 11) is 1.37. The zero-order chi connectivity index (χ0) is 13.7. The number of nitrogens with two attached hydrogens (primary N) is 1. The lowest BCUT2D eigenvalue weighted by atomic mass is 10.1. The molecule has 2 aromatic rings. The van der Waals surface area contributed by atoms with E-state index in [1.165, 1.54) is 12.7 Å². The Kier molecular flexibility index (Phi) is 4.23. The van der Waals surface area contributed by atoms with E-state index in [4.69, 9.17) is 10.5 Å². The number of hydrogen-bond donors (Lipinski definition) is 1. The van der Waals surface area contributed by atoms with Gasteiger partial charge in [0.2, 0.25) is 0 Å². The first-order valence-electron chi connectivity index (χ1n) is 6.28. The van der Waals surface area contributed by atoms with E-state index >= 15 is 0 Å². The van der Waals surface area contributed by atoms with Crippen LogP contribution in [0.3, 0.4) is 0 Å². The monoisotopic (exact) mass is 258 g/mol. The fourth-order valence-corrected chi connectivity index (χ4v) is 2.09. The maximum absolute atomic E-state index is 11.6. The molecule has 0 aliphatic heterocycles. The van der Waals surface area contributed by atoms with Crippen LogP contribution in [0.5, 0.6) is 0 Å². The van der Waals surface area contributed by atoms with Crippen molar-refractivity contribution < 1.29 is 9.53 Å². The minimum Gasteiger partial charge on any atom is -0.464 e. The van der Waals surface area contributed by atoms with Crippen LogP contribution >= 0.6 is 0 Å². The zero-order valence-corrected chi connectivity index (χ0v) is 11.0. The Labute approximate surface area is 112 Å². The van der Waals surface area contributed by atoms with Crippen molar-refractivity contribution in [2.75, 3.05) is 12.8 Å². The molecule has 4 nitrogen and oxygen atoms in total. The number of methoxy groups -OCH3 is 1. The lowest BCUT2D eigenvalue weighted by Gasteiger charge is -2.07. The van der Waals surface area contributed by atoms with Gasteiger partial charge >= 0.3 is 5.97 Å². The largest absolute Gasteiger partial charge is 0.464 e. The Morgan fingerprint density at radius 1 is 1.32 bits per heavy atom. The van der Waals surface area contributed by atoms with Crippen molar-refractivity contribution >= 4 is 11.7 Å². The smallest absolute Gasteiger partial charge is 0.354 e. The number of aryl methyl sites for hydroxylation is 2. The normalized spacial score (nSPS) is 10.4. The molecule has 0 spiro atoms. The Balaban J connectivity index is 1.98. The van der Waals surface area contributed by atoms with Gasteiger partial charge in [0.25, 0.3) is 0 Å². The highest BCUT2D eigenvalue weighted by Crippen LogP contribution is 2.13. The van der Waals surface area contributed by atoms with Crippen molar-refractivity contribution in [1.82, 2.24) is 4.57 Å². The lowest BCUT2D eigenvalue weighted by Crippen LogP contribution is -2.10. The number of aromatic nitrogens is 1. The Hall–Kier alpha value is -2.23. The molecule has 1 heterocycles. The molecular weight excluding hydrogens is 240 g/mol. The minimum absolute atomic E-state index is 0.351. The highest BCUT2D eigenvalue weighted by atomic mass is 16.5. The third-order valence-electron chi connectivity index (χ3n) is 3.02. The van der Waals surface area contributed by atoms with Crippen LogP contribution in [0.4, 0.5) is 5.69 Å². The van der Waals surface area contributed by atoms with E-state index in [9.17, 15) is 4.79 Å². The van der Waals surface area contributed by atoms with Gasteiger partial charge in [-0.05, 0) is 24.5 Å². The molecule has 0 bridgehead atoms. The van der Waals surface area contributed by atoms with Crippen LogP contribution in [-0.2, 0) is 17.7 Å². The number of carbonyl (C=O) groups is 1. The van der Waals surface area contributed by atoms with Crippen molar-refractivity contribution in [3.63, 3.8) is 0 Å². The Bertz CT molecular complexity index is 547. The molecule has 0 radical (unpaired) electrons. The topological polar surface area (TPSA) is 57.2 Å². The van der Waals surface area contributed by atoms with Gasteiger partial charge in [0.15, 0.2) is 0 Å². The summed E-state index contributed by atoms with van der Waals surface area (Å²) >= 11 is 0. The van der Waals surface area contributed by atoms with E-state index in [0.29, 0.717) is 11.4 Å². The van der Waals surface area contributed by atoms with Crippen molar-refractivity contribution in [3.8, 4) is 0 Å². The van der Waals surface area contributed by atoms with Gasteiger partial charge in [-0.15, -0.1) is 0 Å². The van der Waals surface area contributed by atoms with E-state index in [2.05, 4.69) is 12.1 Å². The molecule has 4 heteroatoms. The predicted octanol–water partition coefficient (Wildman–Crippen LogP) is 2.49. The number of anilines is 1. The van der Waals surface area contributed by atoms with Gasteiger partial charge in [0.1, 0.15) is 5.69 Å². The molecule has 0 aliphatic rings. The number of benzene rings is 1. The molecule has 2 N–H and O–H groups in total. The summed E-state index contributed by atoms with van der Waals surface area (Å²) in [4.78, 5) is 11.6. The van der Waals surface area contributed by atoms with Crippen molar-refractivity contribution in [2.24, 2.45) is 0 Å². The maximum atomic E-state index is 11.6. The summed E-state index contributed by atoms with van der Waals surface area (Å²) in [5.74, 6) is -0.351. The minimum atomic E-state index is -0.351. The number of carbonyl (C=O) groups excluding carboxylic acids is 1. The number of nitrogens with zero attached hydrogens (tertiary/aromatic N) is 1. The van der Waals surface area contributed by atoms with Crippen LogP contribution in [0.2, 0.25) is 0 Å². The average Bonchev–Trinajstić information content (AvgIpc) is 2.80. The predicted molar refractivity (Wildman–Crippen MR) is 74.9 cm³/mol. The molecule has 0 atom stereocenters. The molecule has 0 amide bonds. The number of hydrogen-bond acceptors (Lipinski definition) is 3. The fraction of sp³-hybridized carbons (Fsp3) is 0.267. The average molecular weight is 258 g/mol. The summed E-state index contributed by atoms with van der Waals surface area (Å²) in [5.41, 5.74) is 8.11. The van der Waals surface area contributed by atoms with Crippen LogP contribution in [-0.4, -0.2) is 17.6 Å². The van der Waals surface area contributed by atoms with Gasteiger partial charge < -0.3 is 15.0 Å². The first-order valence-corrected chi connectivity index (χ1v) is 6.28. The summed E-state index contributed by atoms with van der Waals surface area (Å²) in [5, 5.41) is 0. The van der Waals surface area contributed by atoms with E-state index in [1.807, 2.05) is 22.8 Å². The Morgan fingerprint density at radius 2 is 2.05 bits per heavy atom. The van der Waals surface area contributed by atoms with Gasteiger partial charge in [0, 0.05) is 12.7 Å². The van der Waals surface area contributed by atoms with E-state index in [-0.39, 0.29) is 5.97 Å². The number of rotatable bonds is 5. The highest BCUT2D eigenvalue weighted by molar-refractivity contribution is 5.88. The molecule has 0 aliphatic carbocycles. The molecule has 0 saturated heterocycles. The standard InChI is InChI=1S/C15H18N2O2/c1-19-15(18)14-10-13(16)11-17(14)9-5-8-12-6-3-2-4-7-12/h2-4,6-7,10-11H,5,8-9,16H2,1H3. The van der Waals surface area contributed by atoms with E-state index < -0.39 is 0 Å². The van der Waals surface area contributed by atoms with Gasteiger partial charge in [0.05, 0.1) is 12.8 Å². The maximum Gasteiger partial charge on any atom is 0.354 e. The molecule has 19 heavy (non-hydrogen) atoms. The second-order valence-corrected chi connectivity index (χ2v) is 4.43. The van der Waals surface area contributed by atoms with Gasteiger partial charge in [-0.1, -0.05) is 30.3 Å². The van der Waals surface area contributed by atoms with Crippen LogP contribution in [0.25, 0.3) is 0 Å². The van der Waals surface area contributed by atoms with Crippen LogP contribution < -0.4 is 5.73 Å². The van der Waals surface area contributed by atoms with E-state index in [0.717, 1.165) is 19.4 Å². The molecule has 1 aromatic heterocycles. The van der Waals surface area contributed by atoms with Gasteiger partial charge in [-0.2, -0.15) is 0 Å². The zero-order valence-electron chi connectivity index (χ0n) is 11.0. The van der Waals surface area contributed by atoms with Crippen LogP contribution in [0, 0.1) is 0 Å². The first-order chi connectivity index (χ1) is 9.20. The molecule has 0 unspecified atom stereocenters. The van der Waals surface area contributed by atoms with Crippen molar-refractivity contribution in [2.45, 2.75) is 19.4 Å². The SMILES string of the molecule is COC(=O)c1cc(N)cn1CCCc1ccccc1. The van der Waals surface area contributed by atoms with Gasteiger partial charge in [-0.25, -0.2) is 4.79 Å². The van der Waals surface area contributed by atoms with Crippen LogP contribution in [0.1, 0.15) is 22.5 Å². The second-order valence-electron chi connectivity index (χ2n) is 4.43. The Morgan fingerprint density at radius 3 is 2.74 bits per heavy atom. The second kappa shape index (κ2) is 6.09. The van der Waals surface area contributed by atoms with E-state index in [1.54, 1.807) is 12.3 Å². The fourth-order valence-electron chi connectivity index (χ4n) is 2.09. The summed E-state index contributed by atoms with van der Waals surface area (Å²) in [6.07, 6.45) is 3.69. The lowest BCUT2D eigenvalue weighted by molar-refractivity contribution is 0.0588. The quantitative estimate of drug-likeness (QED) is 0.838. The summed E-state index contributed by atoms with van der Waals surface area (Å²) < 4.78 is 6.59. The number of nitrogen functional groups attached to an aromatic ring is 1. The summed E-state index contributed by atoms with van der Waals surface area (Å²) in [6.45, 7) is 0.747. The third kappa shape index (κ3) is 3.37. The highest BCUT2D eigenvalue weighted by Gasteiger charge is 2.12. The molecule has 0 saturated carbocycles. The molecule has 100 valence electrons. The number of esters is 1. The molecule has 1 aromatic carbocycles. The van der Waals surface area contributed by atoms with Crippen molar-refractivity contribution in [3.05, 3.63) is 53.9 Å². The number of ether oxygens (including phenoxy) is 1. The molecule has 0 fully saturated rings. The van der Waals surface area contributed by atoms with Crippen LogP contribution in [0.15, 0.2) is 42.6 Å². The van der Waals surface area contributed by atoms with Crippen molar-refractivity contribution in [1.29, 1.82) is 0 Å². The van der Waals surface area contributed by atoms with Gasteiger partial charge in [-0.3, -0.25) is 0 Å². The first kappa shape index (κ1) is 13.2. The summed E-state index contributed by atoms with van der Waals surface area (Å²) in [6, 6.07) is 11.9. The molecular formula is C15H18N2O2. The molecule has 2 rings (SSSR count).